The lowest BCUT2D eigenvalue weighted by Crippen LogP contribution is -2.55. The molecule has 0 aromatic rings. The van der Waals surface area contributed by atoms with Crippen molar-refractivity contribution < 1.29 is 19.2 Å². The summed E-state index contributed by atoms with van der Waals surface area (Å²) in [7, 11) is 0. The highest BCUT2D eigenvalue weighted by atomic mass is 16.2. The Labute approximate surface area is 215 Å². The van der Waals surface area contributed by atoms with E-state index in [-0.39, 0.29) is 34.2 Å². The Morgan fingerprint density at radius 2 is 0.944 bits per heavy atom. The van der Waals surface area contributed by atoms with Gasteiger partial charge in [0.1, 0.15) is 22.4 Å². The molecule has 0 aromatic carbocycles. The quantitative estimate of drug-likeness (QED) is 0.548. The average Bonchev–Trinajstić information content (AvgIpc) is 3.42. The monoisotopic (exact) mass is 496 g/mol. The third kappa shape index (κ3) is 2.90. The lowest BCUT2D eigenvalue weighted by Gasteiger charge is -2.45. The molecule has 0 radical (unpaired) electrons. The third-order valence-corrected chi connectivity index (χ3v) is 12.8. The number of piperidine rings is 2. The zero-order valence-electron chi connectivity index (χ0n) is 22.7. The zero-order valence-corrected chi connectivity index (χ0v) is 22.7. The first-order valence-corrected chi connectivity index (χ1v) is 14.6. The molecule has 0 unspecified atom stereocenters. The van der Waals surface area contributed by atoms with Gasteiger partial charge in [0, 0.05) is 39.0 Å². The molecule has 6 heteroatoms. The molecule has 6 aliphatic rings. The summed E-state index contributed by atoms with van der Waals surface area (Å²) in [6.45, 7) is 11.6. The number of ketones is 2. The second-order valence-electron chi connectivity index (χ2n) is 14.2. The van der Waals surface area contributed by atoms with Crippen LogP contribution in [0.4, 0.5) is 0 Å². The molecular weight excluding hydrogens is 452 g/mol. The molecule has 2 saturated heterocycles. The Hall–Kier alpha value is -1.72. The Balaban J connectivity index is 1.05. The molecule has 4 saturated carbocycles. The Kier molecular flexibility index (Phi) is 5.40. The van der Waals surface area contributed by atoms with Crippen molar-refractivity contribution in [1.29, 1.82) is 0 Å². The summed E-state index contributed by atoms with van der Waals surface area (Å²) < 4.78 is 0. The number of carbonyl (C=O) groups is 4. The number of Topliss-reactive ketones (excluding diaryl/α,β-unsaturated/α-hetero) is 2. The minimum atomic E-state index is -0.777. The number of amides is 2. The molecule has 6 rings (SSSR count). The fraction of sp³-hybridized carbons (Fsp3) is 0.867. The maximum absolute atomic E-state index is 13.7. The molecule has 4 aliphatic carbocycles. The Morgan fingerprint density at radius 3 is 1.19 bits per heavy atom. The lowest BCUT2D eigenvalue weighted by molar-refractivity contribution is -0.157. The van der Waals surface area contributed by atoms with E-state index in [1.807, 2.05) is 9.80 Å². The van der Waals surface area contributed by atoms with Crippen molar-refractivity contribution in [2.45, 2.75) is 91.9 Å². The molecule has 0 aromatic heterocycles. The summed E-state index contributed by atoms with van der Waals surface area (Å²) in [5.41, 5.74) is -1.99. The molecule has 0 N–H and O–H groups in total. The van der Waals surface area contributed by atoms with Crippen molar-refractivity contribution in [2.24, 2.45) is 45.3 Å². The van der Waals surface area contributed by atoms with Gasteiger partial charge in [-0.3, -0.25) is 19.2 Å². The SMILES string of the molecule is CC1(C)[C@@H]2CC[C@@]1(C(=O)N1CCC(C3CCN(C(=O)[C@]45CC[C@H](CC4=O)C5(C)C)CC3)CC1)C(=O)C2. The largest absolute Gasteiger partial charge is 0.342 e. The van der Waals surface area contributed by atoms with Gasteiger partial charge in [0.05, 0.1) is 0 Å². The van der Waals surface area contributed by atoms with Crippen LogP contribution < -0.4 is 0 Å². The van der Waals surface area contributed by atoms with E-state index < -0.39 is 10.8 Å². The van der Waals surface area contributed by atoms with Crippen LogP contribution >= 0.6 is 0 Å². The van der Waals surface area contributed by atoms with E-state index in [4.69, 9.17) is 0 Å². The highest BCUT2D eigenvalue weighted by Crippen LogP contribution is 2.65. The highest BCUT2D eigenvalue weighted by molar-refractivity contribution is 6.10. The molecule has 4 atom stereocenters. The summed E-state index contributed by atoms with van der Waals surface area (Å²) >= 11 is 0. The Morgan fingerprint density at radius 1 is 0.611 bits per heavy atom. The number of fused-ring (bicyclic) bond motifs is 4. The maximum Gasteiger partial charge on any atom is 0.236 e. The number of hydrogen-bond donors (Lipinski definition) is 0. The summed E-state index contributed by atoms with van der Waals surface area (Å²) in [6, 6.07) is 0. The van der Waals surface area contributed by atoms with E-state index in [0.29, 0.717) is 36.5 Å². The summed E-state index contributed by atoms with van der Waals surface area (Å²) in [6.07, 6.45) is 8.61. The van der Waals surface area contributed by atoms with E-state index in [9.17, 15) is 19.2 Å². The van der Waals surface area contributed by atoms with Crippen LogP contribution in [0.3, 0.4) is 0 Å². The van der Waals surface area contributed by atoms with Crippen LogP contribution in [0.2, 0.25) is 0 Å². The van der Waals surface area contributed by atoms with Crippen LogP contribution in [0.5, 0.6) is 0 Å². The average molecular weight is 497 g/mol. The van der Waals surface area contributed by atoms with Crippen LogP contribution in [0.1, 0.15) is 91.9 Å². The zero-order chi connectivity index (χ0) is 25.7. The van der Waals surface area contributed by atoms with E-state index in [1.165, 1.54) is 0 Å². The first-order valence-electron chi connectivity index (χ1n) is 14.6. The second-order valence-corrected chi connectivity index (χ2v) is 14.2. The summed E-state index contributed by atoms with van der Waals surface area (Å²) in [5.74, 6) is 2.45. The van der Waals surface area contributed by atoms with Crippen molar-refractivity contribution >= 4 is 23.4 Å². The first-order chi connectivity index (χ1) is 17.0. The van der Waals surface area contributed by atoms with Crippen molar-refractivity contribution in [1.82, 2.24) is 9.80 Å². The fourth-order valence-corrected chi connectivity index (χ4v) is 10.0. The van der Waals surface area contributed by atoms with Gasteiger partial charge < -0.3 is 9.80 Å². The van der Waals surface area contributed by atoms with Gasteiger partial charge in [-0.1, -0.05) is 27.7 Å². The molecule has 2 amide bonds. The van der Waals surface area contributed by atoms with Crippen molar-refractivity contribution in [2.75, 3.05) is 26.2 Å². The number of nitrogens with zero attached hydrogens (tertiary/aromatic N) is 2. The third-order valence-electron chi connectivity index (χ3n) is 12.8. The van der Waals surface area contributed by atoms with Crippen LogP contribution in [-0.4, -0.2) is 59.4 Å². The van der Waals surface area contributed by atoms with Crippen molar-refractivity contribution in [3.63, 3.8) is 0 Å². The number of hydrogen-bond acceptors (Lipinski definition) is 4. The van der Waals surface area contributed by atoms with Gasteiger partial charge in [0.15, 0.2) is 0 Å². The summed E-state index contributed by atoms with van der Waals surface area (Å²) in [5, 5.41) is 0. The van der Waals surface area contributed by atoms with Crippen molar-refractivity contribution in [3.8, 4) is 0 Å². The van der Waals surface area contributed by atoms with Crippen LogP contribution in [0, 0.1) is 45.3 Å². The van der Waals surface area contributed by atoms with E-state index in [2.05, 4.69) is 27.7 Å². The predicted octanol–water partition coefficient (Wildman–Crippen LogP) is 4.25. The van der Waals surface area contributed by atoms with Crippen LogP contribution in [-0.2, 0) is 19.2 Å². The molecule has 198 valence electrons. The van der Waals surface area contributed by atoms with Gasteiger partial charge in [-0.25, -0.2) is 0 Å². The minimum absolute atomic E-state index is 0.106. The molecular formula is C30H44N2O4. The molecule has 6 fully saturated rings. The molecule has 4 bridgehead atoms. The smallest absolute Gasteiger partial charge is 0.236 e. The van der Waals surface area contributed by atoms with Gasteiger partial charge in [-0.2, -0.15) is 0 Å². The lowest BCUT2D eigenvalue weighted by atomic mass is 9.67. The topological polar surface area (TPSA) is 74.8 Å². The second kappa shape index (κ2) is 7.89. The standard InChI is InChI=1S/C30H44N2O4/c1-27(2)21-5-11-29(27,23(33)17-21)25(35)31-13-7-19(8-14-31)20-9-15-32(16-10-20)26(36)30-12-6-22(18-24(30)34)28(30,3)4/h19-22H,5-18H2,1-4H3/t21-,22-,29+,30+/m1/s1. The molecule has 0 spiro atoms. The normalized spacial score (nSPS) is 39.9. The summed E-state index contributed by atoms with van der Waals surface area (Å²) in [4.78, 5) is 57.3. The van der Waals surface area contributed by atoms with E-state index >= 15 is 0 Å². The minimum Gasteiger partial charge on any atom is -0.342 e. The van der Waals surface area contributed by atoms with E-state index in [0.717, 1.165) is 77.5 Å². The predicted molar refractivity (Wildman–Crippen MR) is 136 cm³/mol. The number of rotatable bonds is 3. The van der Waals surface area contributed by atoms with Gasteiger partial charge in [-0.05, 0) is 85.9 Å². The van der Waals surface area contributed by atoms with Gasteiger partial charge in [-0.15, -0.1) is 0 Å². The van der Waals surface area contributed by atoms with Crippen LogP contribution in [0.15, 0.2) is 0 Å². The van der Waals surface area contributed by atoms with Gasteiger partial charge >= 0.3 is 0 Å². The molecule has 2 heterocycles. The number of likely N-dealkylation sites (tertiary alicyclic amines) is 2. The Bertz CT molecular complexity index is 920. The van der Waals surface area contributed by atoms with E-state index in [1.54, 1.807) is 0 Å². The first kappa shape index (κ1) is 24.6. The molecule has 6 nitrogen and oxygen atoms in total. The van der Waals surface area contributed by atoms with Crippen LogP contribution in [0.25, 0.3) is 0 Å². The molecule has 2 aliphatic heterocycles. The number of carbonyl (C=O) groups excluding carboxylic acids is 4. The van der Waals surface area contributed by atoms with Crippen molar-refractivity contribution in [3.05, 3.63) is 0 Å². The van der Waals surface area contributed by atoms with Gasteiger partial charge in [0.25, 0.3) is 0 Å². The van der Waals surface area contributed by atoms with Gasteiger partial charge in [0.2, 0.25) is 11.8 Å². The molecule has 36 heavy (non-hydrogen) atoms. The highest BCUT2D eigenvalue weighted by Gasteiger charge is 2.70. The maximum atomic E-state index is 13.7. The fourth-order valence-electron chi connectivity index (χ4n) is 10.0.